The Morgan fingerprint density at radius 1 is 1.33 bits per heavy atom. The minimum Gasteiger partial charge on any atom is -0.394 e. The molecule has 3 atom stereocenters. The number of hydrogen-bond donors (Lipinski definition) is 5. The van der Waals surface area contributed by atoms with E-state index in [4.69, 9.17) is 21.9 Å². The molecule has 0 heterocycles. The van der Waals surface area contributed by atoms with Gasteiger partial charge in [0.15, 0.2) is 5.78 Å². The molecule has 6 heteroatoms. The van der Waals surface area contributed by atoms with Crippen LogP contribution in [0.3, 0.4) is 0 Å². The number of carbonyl (C=O) groups excluding carboxylic acids is 1. The molecule has 5 N–H and O–H groups in total. The molecule has 0 bridgehead atoms. The lowest BCUT2D eigenvalue weighted by molar-refractivity contribution is -0.144. The molecule has 0 saturated carbocycles. The van der Waals surface area contributed by atoms with Gasteiger partial charge in [0.25, 0.3) is 0 Å². The van der Waals surface area contributed by atoms with Crippen LogP contribution >= 0.6 is 0 Å². The van der Waals surface area contributed by atoms with Crippen molar-refractivity contribution in [2.45, 2.75) is 18.3 Å². The van der Waals surface area contributed by atoms with E-state index in [1.807, 2.05) is 0 Å². The molecule has 0 aromatic heterocycles. The van der Waals surface area contributed by atoms with Crippen LogP contribution in [0.5, 0.6) is 0 Å². The lowest BCUT2D eigenvalue weighted by Crippen LogP contribution is -2.43. The average molecular weight is 181 g/mol. The molecule has 0 radical (unpaired) electrons. The Balaban J connectivity index is 4.22. The molecule has 6 nitrogen and oxygen atoms in total. The van der Waals surface area contributed by atoms with Crippen molar-refractivity contribution in [3.8, 4) is 0 Å². The van der Waals surface area contributed by atoms with E-state index in [1.165, 1.54) is 0 Å². The third kappa shape index (κ3) is 2.84. The summed E-state index contributed by atoms with van der Waals surface area (Å²) in [6.45, 7) is -1.55. The van der Waals surface area contributed by atoms with Crippen LogP contribution in [0.2, 0.25) is 0 Å². The first-order chi connectivity index (χ1) is 6.08. The Morgan fingerprint density at radius 3 is 2.25 bits per heavy atom. The molecule has 0 unspecified atom stereocenters. The fourth-order valence-corrected chi connectivity index (χ4v) is 0.570. The van der Waals surface area contributed by atoms with Gasteiger partial charge in [-0.1, -0.05) is 0 Å². The van der Waals surface area contributed by atoms with Crippen molar-refractivity contribution >= 4 is 5.78 Å². The molecule has 0 spiro atoms. The fourth-order valence-electron chi connectivity index (χ4n) is 0.570. The van der Waals surface area contributed by atoms with Crippen molar-refractivity contribution in [3.63, 3.8) is 0 Å². The van der Waals surface area contributed by atoms with Crippen LogP contribution in [-0.4, -0.2) is 64.3 Å². The van der Waals surface area contributed by atoms with E-state index < -0.39 is 37.3 Å². The lowest BCUT2D eigenvalue weighted by Gasteiger charge is -2.16. The summed E-state index contributed by atoms with van der Waals surface area (Å²) >= 11 is 0. The normalized spacial score (nSPS) is 19.5. The predicted molar refractivity (Wildman–Crippen MR) is 37.2 cm³/mol. The van der Waals surface area contributed by atoms with Crippen molar-refractivity contribution in [3.05, 3.63) is 0 Å². The summed E-state index contributed by atoms with van der Waals surface area (Å²) in [5, 5.41) is 38.4. The molecule has 72 valence electrons. The second-order valence-corrected chi connectivity index (χ2v) is 2.27. The van der Waals surface area contributed by atoms with E-state index in [-0.39, 0.29) is 0 Å². The molecular weight excluding hydrogens is 168 g/mol. The quantitative estimate of drug-likeness (QED) is 0.292. The predicted octanol–water partition coefficient (Wildman–Crippen LogP) is -3.38. The Kier molecular flexibility index (Phi) is 4.12. The van der Waals surface area contributed by atoms with Gasteiger partial charge < -0.3 is 25.5 Å². The topological polar surface area (TPSA) is 118 Å². The van der Waals surface area contributed by atoms with Crippen LogP contribution in [0, 0.1) is 0 Å². The summed E-state index contributed by atoms with van der Waals surface area (Å²) in [5.74, 6) is -1.04. The maximum absolute atomic E-state index is 11.0. The van der Waals surface area contributed by atoms with E-state index in [1.54, 1.807) is 0 Å². The molecule has 0 aliphatic carbocycles. The number of Topliss-reactive ketones (excluding diaryl/α,β-unsaturated/α-hetero) is 1. The summed E-state index contributed by atoms with van der Waals surface area (Å²) in [6.07, 6.45) is -4.99. The average Bonchev–Trinajstić information content (AvgIpc) is 2.17. The van der Waals surface area contributed by atoms with Crippen LogP contribution in [0.1, 0.15) is 0 Å². The summed E-state index contributed by atoms with van der Waals surface area (Å²) in [7, 11) is 0. The van der Waals surface area contributed by atoms with Gasteiger partial charge in [-0.2, -0.15) is 0 Å². The zero-order valence-electron chi connectivity index (χ0n) is 7.25. The second-order valence-electron chi connectivity index (χ2n) is 2.27. The van der Waals surface area contributed by atoms with Crippen molar-refractivity contribution in [2.24, 2.45) is 0 Å². The first-order valence-corrected chi connectivity index (χ1v) is 3.32. The van der Waals surface area contributed by atoms with Crippen LogP contribution in [-0.2, 0) is 4.79 Å². The molecule has 0 aromatic rings. The number of aliphatic hydroxyl groups is 5. The van der Waals surface area contributed by atoms with Gasteiger partial charge in [-0.25, -0.2) is 0 Å². The number of aliphatic hydroxyl groups excluding tert-OH is 5. The summed E-state index contributed by atoms with van der Waals surface area (Å²) in [4.78, 5) is 11.0. The van der Waals surface area contributed by atoms with Gasteiger partial charge in [-0.05, 0) is 0 Å². The van der Waals surface area contributed by atoms with E-state index in [9.17, 15) is 4.79 Å². The molecule has 0 aliphatic rings. The van der Waals surface area contributed by atoms with Gasteiger partial charge in [0, 0.05) is 0 Å². The Bertz CT molecular complexity index is 159. The Labute approximate surface area is 70.2 Å². The molecule has 0 saturated heterocycles. The standard InChI is InChI=1S/C6H12O6/c7-1-3(9)5(11)6(12)4(10)2-8/h3-5,7-11H,1-2H2/t3-,4+,5-/m1/s1/i10D. The summed E-state index contributed by atoms with van der Waals surface area (Å²) in [6, 6.07) is 0. The van der Waals surface area contributed by atoms with Gasteiger partial charge in [0.1, 0.15) is 18.3 Å². The SMILES string of the molecule is [2H]O[C@@H](CO)C(=O)[C@H](O)[C@H](O)CO. The highest BCUT2D eigenvalue weighted by Gasteiger charge is 2.28. The molecule has 0 amide bonds. The van der Waals surface area contributed by atoms with Crippen molar-refractivity contribution in [1.29, 1.82) is 1.43 Å². The maximum atomic E-state index is 11.0. The smallest absolute Gasteiger partial charge is 0.211 e. The zero-order chi connectivity index (χ0) is 10.4. The second kappa shape index (κ2) is 5.18. The van der Waals surface area contributed by atoms with Crippen molar-refractivity contribution < 1.29 is 30.3 Å². The first kappa shape index (κ1) is 9.56. The van der Waals surface area contributed by atoms with E-state index in [0.717, 1.165) is 0 Å². The van der Waals surface area contributed by atoms with Crippen molar-refractivity contribution in [1.82, 2.24) is 0 Å². The fraction of sp³-hybridized carbons (Fsp3) is 0.833. The van der Waals surface area contributed by atoms with E-state index in [2.05, 4.69) is 5.11 Å². The molecular formula is C6H12O6. The molecule has 12 heavy (non-hydrogen) atoms. The Morgan fingerprint density at radius 2 is 1.92 bits per heavy atom. The number of rotatable bonds is 6. The van der Waals surface area contributed by atoms with Gasteiger partial charge in [0.05, 0.1) is 13.2 Å². The highest BCUT2D eigenvalue weighted by molar-refractivity contribution is 5.87. The van der Waals surface area contributed by atoms with Gasteiger partial charge in [-0.3, -0.25) is 4.79 Å². The molecule has 0 aromatic carbocycles. The third-order valence-electron chi connectivity index (χ3n) is 1.33. The van der Waals surface area contributed by atoms with E-state index >= 15 is 0 Å². The monoisotopic (exact) mass is 181 g/mol. The highest BCUT2D eigenvalue weighted by Crippen LogP contribution is 1.98. The minimum absolute atomic E-state index is 0.766. The van der Waals surface area contributed by atoms with Crippen molar-refractivity contribution in [2.75, 3.05) is 13.2 Å². The zero-order valence-corrected chi connectivity index (χ0v) is 6.25. The van der Waals surface area contributed by atoms with Gasteiger partial charge in [0.2, 0.25) is 1.43 Å². The number of ketones is 1. The van der Waals surface area contributed by atoms with Gasteiger partial charge >= 0.3 is 0 Å². The highest BCUT2D eigenvalue weighted by atomic mass is 16.4. The third-order valence-corrected chi connectivity index (χ3v) is 1.33. The van der Waals surface area contributed by atoms with Crippen LogP contribution < -0.4 is 0 Å². The summed E-state index contributed by atoms with van der Waals surface area (Å²) < 4.78 is 6.35. The van der Waals surface area contributed by atoms with E-state index in [0.29, 0.717) is 0 Å². The van der Waals surface area contributed by atoms with Crippen LogP contribution in [0.25, 0.3) is 0 Å². The molecule has 0 aliphatic heterocycles. The number of hydrogen-bond acceptors (Lipinski definition) is 6. The maximum Gasteiger partial charge on any atom is 0.211 e. The van der Waals surface area contributed by atoms with Crippen LogP contribution in [0.15, 0.2) is 0 Å². The van der Waals surface area contributed by atoms with Crippen LogP contribution in [0.4, 0.5) is 0 Å². The molecule has 0 fully saturated rings. The Hall–Kier alpha value is -0.530. The van der Waals surface area contributed by atoms with Gasteiger partial charge in [-0.15, -0.1) is 0 Å². The summed E-state index contributed by atoms with van der Waals surface area (Å²) in [5.41, 5.74) is 0. The number of carbonyl (C=O) groups is 1. The minimum atomic E-state index is -1.85. The largest absolute Gasteiger partial charge is 0.394 e. The molecule has 0 rings (SSSR count). The first-order valence-electron chi connectivity index (χ1n) is 3.72. The lowest BCUT2D eigenvalue weighted by atomic mass is 10.1.